The van der Waals surface area contributed by atoms with Crippen LogP contribution in [0.25, 0.3) is 0 Å². The van der Waals surface area contributed by atoms with Crippen molar-refractivity contribution in [3.63, 3.8) is 0 Å². The van der Waals surface area contributed by atoms with Crippen molar-refractivity contribution >= 4 is 29.9 Å². The molecule has 0 unspecified atom stereocenters. The van der Waals surface area contributed by atoms with Gasteiger partial charge in [0, 0.05) is 26.3 Å². The first kappa shape index (κ1) is 16.8. The van der Waals surface area contributed by atoms with Crippen molar-refractivity contribution in [1.29, 1.82) is 0 Å². The number of carbonyl (C=O) groups is 2. The third-order valence-corrected chi connectivity index (χ3v) is 4.43. The number of rotatable bonds is 2. The van der Waals surface area contributed by atoms with Crippen LogP contribution in [0.1, 0.15) is 25.7 Å². The lowest BCUT2D eigenvalue weighted by Crippen LogP contribution is -2.60. The molecule has 2 amide bonds. The molecule has 3 rings (SSSR count). The predicted molar refractivity (Wildman–Crippen MR) is 84.8 cm³/mol. The molecule has 0 aromatic carbocycles. The average molecular weight is 328 g/mol. The van der Waals surface area contributed by atoms with Gasteiger partial charge in [-0.15, -0.1) is 12.4 Å². The summed E-state index contributed by atoms with van der Waals surface area (Å²) >= 11 is 0. The Hall–Kier alpha value is -1.60. The normalized spacial score (nSPS) is 20.9. The highest BCUT2D eigenvalue weighted by Gasteiger charge is 2.42. The number of carbonyl (C=O) groups excluding carboxylic acids is 2. The van der Waals surface area contributed by atoms with Gasteiger partial charge in [0.2, 0.25) is 11.8 Å². The first-order valence-corrected chi connectivity index (χ1v) is 7.37. The second-order valence-corrected chi connectivity index (χ2v) is 6.01. The van der Waals surface area contributed by atoms with Crippen LogP contribution < -0.4 is 10.6 Å². The zero-order valence-electron chi connectivity index (χ0n) is 12.7. The van der Waals surface area contributed by atoms with Crippen LogP contribution in [0, 0.1) is 0 Å². The molecule has 2 aliphatic rings. The average Bonchev–Trinajstić information content (AvgIpc) is 3.07. The third-order valence-electron chi connectivity index (χ3n) is 4.43. The van der Waals surface area contributed by atoms with Crippen LogP contribution in [0.15, 0.2) is 12.4 Å². The number of aromatic nitrogens is 2. The second-order valence-electron chi connectivity index (χ2n) is 6.01. The summed E-state index contributed by atoms with van der Waals surface area (Å²) < 4.78 is 1.66. The van der Waals surface area contributed by atoms with E-state index in [9.17, 15) is 9.59 Å². The molecule has 1 aromatic heterocycles. The predicted octanol–water partition coefficient (Wildman–Crippen LogP) is 0.289. The van der Waals surface area contributed by atoms with Crippen LogP contribution in [0.5, 0.6) is 0 Å². The molecule has 0 bridgehead atoms. The Balaban J connectivity index is 0.00000176. The first-order chi connectivity index (χ1) is 9.99. The number of halogens is 1. The molecule has 2 heterocycles. The summed E-state index contributed by atoms with van der Waals surface area (Å²) in [5.41, 5.74) is 6.22. The van der Waals surface area contributed by atoms with E-state index in [4.69, 9.17) is 5.73 Å². The summed E-state index contributed by atoms with van der Waals surface area (Å²) in [5.74, 6) is -0.150. The summed E-state index contributed by atoms with van der Waals surface area (Å²) in [4.78, 5) is 28.1. The lowest BCUT2D eigenvalue weighted by atomic mass is 9.97. The van der Waals surface area contributed by atoms with Gasteiger partial charge in [-0.1, -0.05) is 12.8 Å². The van der Waals surface area contributed by atoms with Crippen LogP contribution in [0.2, 0.25) is 0 Å². The van der Waals surface area contributed by atoms with Crippen molar-refractivity contribution in [3.8, 4) is 0 Å². The Morgan fingerprint density at radius 3 is 2.55 bits per heavy atom. The Bertz CT molecular complexity index is 567. The molecule has 0 radical (unpaired) electrons. The van der Waals surface area contributed by atoms with Gasteiger partial charge in [-0.25, -0.2) is 0 Å². The van der Waals surface area contributed by atoms with Crippen LogP contribution in [-0.2, 0) is 16.6 Å². The zero-order valence-corrected chi connectivity index (χ0v) is 13.5. The van der Waals surface area contributed by atoms with Crippen LogP contribution >= 0.6 is 12.4 Å². The van der Waals surface area contributed by atoms with Gasteiger partial charge < -0.3 is 15.5 Å². The molecule has 1 aliphatic heterocycles. The van der Waals surface area contributed by atoms with Gasteiger partial charge in [0.25, 0.3) is 0 Å². The van der Waals surface area contributed by atoms with Crippen molar-refractivity contribution in [2.45, 2.75) is 31.2 Å². The topological polar surface area (TPSA) is 84.5 Å². The number of amides is 2. The Morgan fingerprint density at radius 2 is 2.00 bits per heavy atom. The lowest BCUT2D eigenvalue weighted by Gasteiger charge is -2.37. The van der Waals surface area contributed by atoms with Crippen LogP contribution in [0.4, 0.5) is 5.69 Å². The van der Waals surface area contributed by atoms with E-state index in [1.807, 2.05) is 7.05 Å². The Kier molecular flexibility index (Phi) is 4.77. The Labute approximate surface area is 135 Å². The molecule has 1 saturated carbocycles. The molecular weight excluding hydrogens is 306 g/mol. The molecule has 1 aromatic rings. The minimum absolute atomic E-state index is 0. The maximum Gasteiger partial charge on any atom is 0.246 e. The quantitative estimate of drug-likeness (QED) is 0.846. The van der Waals surface area contributed by atoms with E-state index in [2.05, 4.69) is 5.10 Å². The number of piperazine rings is 1. The molecule has 1 saturated heterocycles. The standard InChI is InChI=1S/C14H21N5O2.ClH/c1-17-9-11(8-16-17)19-7-6-18(10-12(19)20)13(21)14(15)4-2-3-5-14;/h8-9H,2-7,10,15H2,1H3;1H. The first-order valence-electron chi connectivity index (χ1n) is 7.37. The summed E-state index contributed by atoms with van der Waals surface area (Å²) in [6, 6.07) is 0. The summed E-state index contributed by atoms with van der Waals surface area (Å²) in [6.07, 6.45) is 6.90. The van der Waals surface area contributed by atoms with E-state index < -0.39 is 5.54 Å². The van der Waals surface area contributed by atoms with E-state index in [1.165, 1.54) is 0 Å². The second kappa shape index (κ2) is 6.26. The molecule has 0 spiro atoms. The van der Waals surface area contributed by atoms with Gasteiger partial charge >= 0.3 is 0 Å². The number of anilines is 1. The molecule has 2 N–H and O–H groups in total. The van der Waals surface area contributed by atoms with E-state index in [0.29, 0.717) is 13.1 Å². The molecule has 0 atom stereocenters. The summed E-state index contributed by atoms with van der Waals surface area (Å²) in [7, 11) is 1.81. The van der Waals surface area contributed by atoms with Gasteiger partial charge in [-0.3, -0.25) is 14.3 Å². The highest BCUT2D eigenvalue weighted by Crippen LogP contribution is 2.29. The molecule has 1 aliphatic carbocycles. The number of hydrogen-bond acceptors (Lipinski definition) is 4. The van der Waals surface area contributed by atoms with Crippen molar-refractivity contribution in [3.05, 3.63) is 12.4 Å². The molecule has 22 heavy (non-hydrogen) atoms. The highest BCUT2D eigenvalue weighted by molar-refractivity contribution is 5.99. The monoisotopic (exact) mass is 327 g/mol. The van der Waals surface area contributed by atoms with Gasteiger partial charge in [0.1, 0.15) is 6.54 Å². The minimum atomic E-state index is -0.753. The SMILES string of the molecule is Cl.Cn1cc(N2CCN(C(=O)C3(N)CCCC3)CC2=O)cn1. The smallest absolute Gasteiger partial charge is 0.246 e. The number of nitrogens with zero attached hydrogens (tertiary/aromatic N) is 4. The molecule has 122 valence electrons. The number of nitrogens with two attached hydrogens (primary N) is 1. The van der Waals surface area contributed by atoms with Gasteiger partial charge in [-0.2, -0.15) is 5.10 Å². The van der Waals surface area contributed by atoms with E-state index >= 15 is 0 Å². The van der Waals surface area contributed by atoms with Crippen molar-refractivity contribution < 1.29 is 9.59 Å². The molecule has 2 fully saturated rings. The fourth-order valence-corrected chi connectivity index (χ4v) is 3.20. The minimum Gasteiger partial charge on any atom is -0.330 e. The largest absolute Gasteiger partial charge is 0.330 e. The number of aryl methyl sites for hydroxylation is 1. The lowest BCUT2D eigenvalue weighted by molar-refractivity contribution is -0.141. The summed E-state index contributed by atoms with van der Waals surface area (Å²) in [5, 5.41) is 4.08. The molecule has 8 heteroatoms. The van der Waals surface area contributed by atoms with Crippen molar-refractivity contribution in [2.75, 3.05) is 24.5 Å². The van der Waals surface area contributed by atoms with Gasteiger partial charge in [0.05, 0.1) is 17.4 Å². The van der Waals surface area contributed by atoms with Crippen LogP contribution in [0.3, 0.4) is 0 Å². The summed E-state index contributed by atoms with van der Waals surface area (Å²) in [6.45, 7) is 1.12. The van der Waals surface area contributed by atoms with E-state index in [-0.39, 0.29) is 30.8 Å². The maximum atomic E-state index is 12.5. The van der Waals surface area contributed by atoms with Crippen molar-refractivity contribution in [2.24, 2.45) is 12.8 Å². The van der Waals surface area contributed by atoms with Crippen LogP contribution in [-0.4, -0.2) is 51.7 Å². The fourth-order valence-electron chi connectivity index (χ4n) is 3.20. The zero-order chi connectivity index (χ0) is 15.0. The van der Waals surface area contributed by atoms with E-state index in [0.717, 1.165) is 31.4 Å². The molecule has 7 nitrogen and oxygen atoms in total. The van der Waals surface area contributed by atoms with Crippen molar-refractivity contribution in [1.82, 2.24) is 14.7 Å². The number of hydrogen-bond donors (Lipinski definition) is 1. The molecular formula is C14H22ClN5O2. The highest BCUT2D eigenvalue weighted by atomic mass is 35.5. The fraction of sp³-hybridized carbons (Fsp3) is 0.643. The Morgan fingerprint density at radius 1 is 1.32 bits per heavy atom. The third kappa shape index (κ3) is 2.96. The van der Waals surface area contributed by atoms with Gasteiger partial charge in [0.15, 0.2) is 0 Å². The van der Waals surface area contributed by atoms with E-state index in [1.54, 1.807) is 26.9 Å². The van der Waals surface area contributed by atoms with Gasteiger partial charge in [-0.05, 0) is 12.8 Å². The maximum absolute atomic E-state index is 12.5.